The summed E-state index contributed by atoms with van der Waals surface area (Å²) in [4.78, 5) is 27.6. The third kappa shape index (κ3) is 3.80. The molecule has 0 atom stereocenters. The van der Waals surface area contributed by atoms with Crippen LogP contribution in [0.1, 0.15) is 30.3 Å². The number of benzene rings is 2. The van der Waals surface area contributed by atoms with Gasteiger partial charge < -0.3 is 9.88 Å². The first-order valence-corrected chi connectivity index (χ1v) is 10.9. The van der Waals surface area contributed by atoms with E-state index < -0.39 is 0 Å². The van der Waals surface area contributed by atoms with Crippen molar-refractivity contribution in [2.75, 3.05) is 13.1 Å². The van der Waals surface area contributed by atoms with E-state index in [1.54, 1.807) is 11.3 Å². The lowest BCUT2D eigenvalue weighted by atomic mass is 9.96. The lowest BCUT2D eigenvalue weighted by molar-refractivity contribution is -0.131. The fraction of sp³-hybridized carbons (Fsp3) is 0.261. The van der Waals surface area contributed by atoms with Gasteiger partial charge in [0.05, 0.1) is 23.1 Å². The number of H-pyrrole nitrogens is 1. The molecule has 1 amide bonds. The van der Waals surface area contributed by atoms with Crippen LogP contribution in [-0.2, 0) is 11.2 Å². The zero-order chi connectivity index (χ0) is 19.6. The quantitative estimate of drug-likeness (QED) is 0.541. The number of imidazole rings is 1. The van der Waals surface area contributed by atoms with Crippen molar-refractivity contribution in [3.63, 3.8) is 0 Å². The van der Waals surface area contributed by atoms with E-state index in [4.69, 9.17) is 4.98 Å². The number of para-hydroxylation sites is 2. The van der Waals surface area contributed by atoms with Gasteiger partial charge in [0.15, 0.2) is 0 Å². The van der Waals surface area contributed by atoms with E-state index in [2.05, 4.69) is 16.0 Å². The molecule has 29 heavy (non-hydrogen) atoms. The molecule has 3 heterocycles. The summed E-state index contributed by atoms with van der Waals surface area (Å²) < 4.78 is 0. The largest absolute Gasteiger partial charge is 0.342 e. The minimum absolute atomic E-state index is 0.165. The maximum atomic E-state index is 12.8. The smallest absolute Gasteiger partial charge is 0.228 e. The summed E-state index contributed by atoms with van der Waals surface area (Å²) in [6.45, 7) is 1.55. The summed E-state index contributed by atoms with van der Waals surface area (Å²) in [5, 5.41) is 2.97. The normalized spacial score (nSPS) is 15.1. The number of carbonyl (C=O) groups excluding carboxylic acids is 1. The lowest BCUT2D eigenvalue weighted by Crippen LogP contribution is -2.39. The average molecular weight is 403 g/mol. The van der Waals surface area contributed by atoms with E-state index in [-0.39, 0.29) is 5.91 Å². The standard InChI is InChI=1S/C23H22N4OS/c28-21(14-18-15-29-23(24-18)17-6-2-1-3-7-17)27-12-10-16(11-13-27)22-25-19-8-4-5-9-20(19)26-22/h1-9,15-16H,10-14H2,(H,25,26). The molecule has 146 valence electrons. The molecule has 6 heteroatoms. The van der Waals surface area contributed by atoms with Crippen LogP contribution in [0.2, 0.25) is 0 Å². The highest BCUT2D eigenvalue weighted by Gasteiger charge is 2.26. The number of likely N-dealkylation sites (tertiary alicyclic amines) is 1. The molecule has 1 saturated heterocycles. The van der Waals surface area contributed by atoms with Crippen molar-refractivity contribution in [3.05, 3.63) is 71.5 Å². The Balaban J connectivity index is 1.20. The molecule has 1 aliphatic rings. The van der Waals surface area contributed by atoms with E-state index in [0.29, 0.717) is 12.3 Å². The van der Waals surface area contributed by atoms with E-state index in [0.717, 1.165) is 59.1 Å². The fourth-order valence-corrected chi connectivity index (χ4v) is 4.76. The molecule has 0 spiro atoms. The number of rotatable bonds is 4. The molecular weight excluding hydrogens is 380 g/mol. The first-order valence-electron chi connectivity index (χ1n) is 9.98. The minimum Gasteiger partial charge on any atom is -0.342 e. The zero-order valence-electron chi connectivity index (χ0n) is 16.0. The fourth-order valence-electron chi connectivity index (χ4n) is 3.94. The number of amides is 1. The molecule has 0 radical (unpaired) electrons. The van der Waals surface area contributed by atoms with Crippen LogP contribution in [0.15, 0.2) is 60.0 Å². The number of aromatic nitrogens is 3. The van der Waals surface area contributed by atoms with E-state index >= 15 is 0 Å². The Morgan fingerprint density at radius 1 is 1.03 bits per heavy atom. The summed E-state index contributed by atoms with van der Waals surface area (Å²) >= 11 is 1.60. The van der Waals surface area contributed by atoms with Crippen molar-refractivity contribution in [2.24, 2.45) is 0 Å². The van der Waals surface area contributed by atoms with Gasteiger partial charge in [0.1, 0.15) is 10.8 Å². The topological polar surface area (TPSA) is 61.9 Å². The second-order valence-corrected chi connectivity index (χ2v) is 8.34. The number of fused-ring (bicyclic) bond motifs is 1. The third-order valence-electron chi connectivity index (χ3n) is 5.55. The summed E-state index contributed by atoms with van der Waals surface area (Å²) in [7, 11) is 0. The molecule has 1 N–H and O–H groups in total. The van der Waals surface area contributed by atoms with Gasteiger partial charge in [-0.05, 0) is 25.0 Å². The molecule has 5 nitrogen and oxygen atoms in total. The number of nitrogens with one attached hydrogen (secondary N) is 1. The predicted octanol–water partition coefficient (Wildman–Crippen LogP) is 4.64. The third-order valence-corrected chi connectivity index (χ3v) is 6.49. The average Bonchev–Trinajstić information content (AvgIpc) is 3.41. The Morgan fingerprint density at radius 2 is 1.79 bits per heavy atom. The van der Waals surface area contributed by atoms with Crippen molar-refractivity contribution in [3.8, 4) is 10.6 Å². The maximum Gasteiger partial charge on any atom is 0.228 e. The van der Waals surface area contributed by atoms with E-state index in [1.807, 2.05) is 58.8 Å². The Morgan fingerprint density at radius 3 is 2.59 bits per heavy atom. The van der Waals surface area contributed by atoms with E-state index in [1.165, 1.54) is 0 Å². The molecule has 0 saturated carbocycles. The van der Waals surface area contributed by atoms with Crippen LogP contribution in [0.5, 0.6) is 0 Å². The second kappa shape index (κ2) is 7.79. The van der Waals surface area contributed by atoms with Gasteiger partial charge in [-0.3, -0.25) is 4.79 Å². The molecule has 0 aliphatic carbocycles. The van der Waals surface area contributed by atoms with Crippen LogP contribution in [0.4, 0.5) is 0 Å². The second-order valence-electron chi connectivity index (χ2n) is 7.48. The highest BCUT2D eigenvalue weighted by atomic mass is 32.1. The van der Waals surface area contributed by atoms with Gasteiger partial charge in [-0.25, -0.2) is 9.97 Å². The highest BCUT2D eigenvalue weighted by molar-refractivity contribution is 7.13. The maximum absolute atomic E-state index is 12.8. The molecule has 0 bridgehead atoms. The molecule has 2 aromatic heterocycles. The predicted molar refractivity (Wildman–Crippen MR) is 116 cm³/mol. The number of aromatic amines is 1. The Kier molecular flexibility index (Phi) is 4.86. The van der Waals surface area contributed by atoms with Crippen LogP contribution in [0, 0.1) is 0 Å². The van der Waals surface area contributed by atoms with Gasteiger partial charge in [0, 0.05) is 30.0 Å². The van der Waals surface area contributed by atoms with Gasteiger partial charge in [0.25, 0.3) is 0 Å². The molecule has 2 aromatic carbocycles. The molecule has 5 rings (SSSR count). The molecule has 4 aromatic rings. The van der Waals surface area contributed by atoms with Crippen LogP contribution >= 0.6 is 11.3 Å². The first kappa shape index (κ1) is 18.1. The molecule has 0 unspecified atom stereocenters. The van der Waals surface area contributed by atoms with Crippen molar-refractivity contribution in [2.45, 2.75) is 25.2 Å². The Hall–Kier alpha value is -2.99. The monoisotopic (exact) mass is 402 g/mol. The van der Waals surface area contributed by atoms with Gasteiger partial charge in [-0.1, -0.05) is 42.5 Å². The minimum atomic E-state index is 0.165. The van der Waals surface area contributed by atoms with Crippen molar-refractivity contribution < 1.29 is 4.79 Å². The number of piperidine rings is 1. The SMILES string of the molecule is O=C(Cc1csc(-c2ccccc2)n1)N1CCC(c2nc3ccccc3[nH]2)CC1. The Labute approximate surface area is 173 Å². The van der Waals surface area contributed by atoms with Crippen LogP contribution < -0.4 is 0 Å². The summed E-state index contributed by atoms with van der Waals surface area (Å²) in [6.07, 6.45) is 2.26. The number of hydrogen-bond acceptors (Lipinski definition) is 4. The van der Waals surface area contributed by atoms with Gasteiger partial charge in [-0.15, -0.1) is 11.3 Å². The van der Waals surface area contributed by atoms with Crippen LogP contribution in [-0.4, -0.2) is 38.8 Å². The number of hydrogen-bond donors (Lipinski definition) is 1. The van der Waals surface area contributed by atoms with Crippen molar-refractivity contribution in [1.29, 1.82) is 0 Å². The molecule has 1 aliphatic heterocycles. The first-order chi connectivity index (χ1) is 14.3. The van der Waals surface area contributed by atoms with Gasteiger partial charge >= 0.3 is 0 Å². The van der Waals surface area contributed by atoms with Crippen LogP contribution in [0.3, 0.4) is 0 Å². The highest BCUT2D eigenvalue weighted by Crippen LogP contribution is 2.28. The van der Waals surface area contributed by atoms with Crippen LogP contribution in [0.25, 0.3) is 21.6 Å². The lowest BCUT2D eigenvalue weighted by Gasteiger charge is -2.31. The molecule has 1 fully saturated rings. The number of nitrogens with zero attached hydrogens (tertiary/aromatic N) is 3. The van der Waals surface area contributed by atoms with E-state index in [9.17, 15) is 4.79 Å². The van der Waals surface area contributed by atoms with Crippen molar-refractivity contribution >= 4 is 28.3 Å². The number of thiazole rings is 1. The summed E-state index contributed by atoms with van der Waals surface area (Å²) in [5.41, 5.74) is 4.05. The zero-order valence-corrected chi connectivity index (χ0v) is 16.9. The molecular formula is C23H22N4OS. The van der Waals surface area contributed by atoms with Gasteiger partial charge in [0.2, 0.25) is 5.91 Å². The number of carbonyl (C=O) groups is 1. The van der Waals surface area contributed by atoms with Crippen molar-refractivity contribution in [1.82, 2.24) is 19.9 Å². The summed E-state index contributed by atoms with van der Waals surface area (Å²) in [5.74, 6) is 1.60. The Bertz CT molecular complexity index is 1090. The van der Waals surface area contributed by atoms with Gasteiger partial charge in [-0.2, -0.15) is 0 Å². The summed E-state index contributed by atoms with van der Waals surface area (Å²) in [6, 6.07) is 18.2.